The van der Waals surface area contributed by atoms with E-state index in [0.29, 0.717) is 46.2 Å². The number of nitrogens with zero attached hydrogens (tertiary/aromatic N) is 3. The number of aryl methyl sites for hydroxylation is 1. The van der Waals surface area contributed by atoms with Gasteiger partial charge < -0.3 is 14.5 Å². The van der Waals surface area contributed by atoms with Crippen molar-refractivity contribution in [3.05, 3.63) is 96.0 Å². The zero-order valence-electron chi connectivity index (χ0n) is 18.3. The van der Waals surface area contributed by atoms with Crippen molar-refractivity contribution in [2.45, 2.75) is 13.5 Å². The minimum atomic E-state index is -0.258. The number of carbonyl (C=O) groups excluding carboxylic acids is 1. The summed E-state index contributed by atoms with van der Waals surface area (Å²) in [5.41, 5.74) is 4.95. The number of aromatic nitrogens is 3. The summed E-state index contributed by atoms with van der Waals surface area (Å²) >= 11 is 0. The standard InChI is InChI=1S/C26H22N4O3/c1-17-27-23-14-20(11-12-24(23)33-17)28-26(31)22-16-30(15-18-7-4-3-5-8-18)29-25(22)19-9-6-10-21(13-19)32-2/h3-14,16H,15H2,1-2H3,(H,28,31). The summed E-state index contributed by atoms with van der Waals surface area (Å²) < 4.78 is 12.7. The van der Waals surface area contributed by atoms with Gasteiger partial charge in [-0.3, -0.25) is 9.48 Å². The fraction of sp³-hybridized carbons (Fsp3) is 0.115. The molecule has 5 aromatic rings. The molecule has 33 heavy (non-hydrogen) atoms. The summed E-state index contributed by atoms with van der Waals surface area (Å²) in [4.78, 5) is 17.7. The second-order valence-corrected chi connectivity index (χ2v) is 7.68. The molecule has 0 atom stereocenters. The molecule has 7 heteroatoms. The number of methoxy groups -OCH3 is 1. The lowest BCUT2D eigenvalue weighted by molar-refractivity contribution is 0.102. The van der Waals surface area contributed by atoms with E-state index in [1.807, 2.05) is 54.6 Å². The largest absolute Gasteiger partial charge is 0.497 e. The Hall–Kier alpha value is -4.39. The molecule has 0 aliphatic rings. The highest BCUT2D eigenvalue weighted by Gasteiger charge is 2.19. The lowest BCUT2D eigenvalue weighted by Gasteiger charge is -2.06. The van der Waals surface area contributed by atoms with Crippen molar-refractivity contribution in [2.75, 3.05) is 12.4 Å². The van der Waals surface area contributed by atoms with E-state index >= 15 is 0 Å². The van der Waals surface area contributed by atoms with Crippen LogP contribution >= 0.6 is 0 Å². The second kappa shape index (κ2) is 8.63. The van der Waals surface area contributed by atoms with Crippen LogP contribution in [0.5, 0.6) is 5.75 Å². The number of hydrogen-bond donors (Lipinski definition) is 1. The van der Waals surface area contributed by atoms with E-state index in [2.05, 4.69) is 10.3 Å². The molecule has 0 radical (unpaired) electrons. The number of amides is 1. The molecular formula is C26H22N4O3. The Morgan fingerprint density at radius 1 is 1.06 bits per heavy atom. The number of ether oxygens (including phenoxy) is 1. The lowest BCUT2D eigenvalue weighted by atomic mass is 10.1. The van der Waals surface area contributed by atoms with Crippen LogP contribution in [0.25, 0.3) is 22.4 Å². The monoisotopic (exact) mass is 438 g/mol. The first kappa shape index (κ1) is 20.5. The van der Waals surface area contributed by atoms with E-state index in [1.54, 1.807) is 43.1 Å². The maximum absolute atomic E-state index is 13.3. The van der Waals surface area contributed by atoms with E-state index in [-0.39, 0.29) is 5.91 Å². The van der Waals surface area contributed by atoms with E-state index in [9.17, 15) is 4.79 Å². The predicted molar refractivity (Wildman–Crippen MR) is 126 cm³/mol. The third kappa shape index (κ3) is 4.34. The molecule has 2 heterocycles. The quantitative estimate of drug-likeness (QED) is 0.389. The van der Waals surface area contributed by atoms with Crippen molar-refractivity contribution < 1.29 is 13.9 Å². The van der Waals surface area contributed by atoms with Gasteiger partial charge in [0.1, 0.15) is 17.0 Å². The van der Waals surface area contributed by atoms with Gasteiger partial charge in [-0.15, -0.1) is 0 Å². The van der Waals surface area contributed by atoms with Crippen LogP contribution in [0, 0.1) is 6.92 Å². The Morgan fingerprint density at radius 2 is 1.91 bits per heavy atom. The number of carbonyl (C=O) groups is 1. The van der Waals surface area contributed by atoms with Gasteiger partial charge >= 0.3 is 0 Å². The molecule has 3 aromatic carbocycles. The number of benzene rings is 3. The summed E-state index contributed by atoms with van der Waals surface area (Å²) in [5.74, 6) is 1.02. The molecule has 1 amide bonds. The zero-order chi connectivity index (χ0) is 22.8. The highest BCUT2D eigenvalue weighted by molar-refractivity contribution is 6.08. The van der Waals surface area contributed by atoms with Crippen molar-refractivity contribution in [3.8, 4) is 17.0 Å². The Morgan fingerprint density at radius 3 is 2.73 bits per heavy atom. The van der Waals surface area contributed by atoms with Crippen molar-refractivity contribution in [3.63, 3.8) is 0 Å². The van der Waals surface area contributed by atoms with Crippen LogP contribution in [0.2, 0.25) is 0 Å². The van der Waals surface area contributed by atoms with Crippen LogP contribution in [0.15, 0.2) is 83.4 Å². The first-order chi connectivity index (χ1) is 16.1. The number of anilines is 1. The summed E-state index contributed by atoms with van der Waals surface area (Å²) in [6.07, 6.45) is 1.77. The fourth-order valence-corrected chi connectivity index (χ4v) is 3.74. The van der Waals surface area contributed by atoms with Crippen molar-refractivity contribution in [1.82, 2.24) is 14.8 Å². The highest BCUT2D eigenvalue weighted by Crippen LogP contribution is 2.27. The van der Waals surface area contributed by atoms with Gasteiger partial charge in [0.15, 0.2) is 11.5 Å². The van der Waals surface area contributed by atoms with Crippen molar-refractivity contribution in [1.29, 1.82) is 0 Å². The van der Waals surface area contributed by atoms with Crippen LogP contribution in [0.3, 0.4) is 0 Å². The van der Waals surface area contributed by atoms with Crippen LogP contribution in [0.4, 0.5) is 5.69 Å². The second-order valence-electron chi connectivity index (χ2n) is 7.68. The molecule has 0 fully saturated rings. The molecule has 7 nitrogen and oxygen atoms in total. The minimum absolute atomic E-state index is 0.258. The normalized spacial score (nSPS) is 11.0. The Kier molecular flexibility index (Phi) is 5.36. The van der Waals surface area contributed by atoms with Gasteiger partial charge in [0.2, 0.25) is 0 Å². The van der Waals surface area contributed by atoms with E-state index < -0.39 is 0 Å². The number of fused-ring (bicyclic) bond motifs is 1. The van der Waals surface area contributed by atoms with Gasteiger partial charge in [-0.1, -0.05) is 42.5 Å². The Labute approximate surface area is 190 Å². The molecule has 0 saturated carbocycles. The highest BCUT2D eigenvalue weighted by atomic mass is 16.5. The van der Waals surface area contributed by atoms with Gasteiger partial charge in [-0.25, -0.2) is 4.98 Å². The zero-order valence-corrected chi connectivity index (χ0v) is 18.3. The topological polar surface area (TPSA) is 82.2 Å². The average Bonchev–Trinajstić information content (AvgIpc) is 3.42. The maximum Gasteiger partial charge on any atom is 0.259 e. The van der Waals surface area contributed by atoms with Crippen LogP contribution in [-0.2, 0) is 6.54 Å². The Balaban J connectivity index is 1.50. The summed E-state index contributed by atoms with van der Waals surface area (Å²) in [6, 6.07) is 22.9. The molecule has 0 saturated heterocycles. The van der Waals surface area contributed by atoms with Crippen molar-refractivity contribution in [2.24, 2.45) is 0 Å². The number of hydrogen-bond acceptors (Lipinski definition) is 5. The molecule has 2 aromatic heterocycles. The molecule has 0 spiro atoms. The van der Waals surface area contributed by atoms with Gasteiger partial charge in [-0.05, 0) is 35.9 Å². The molecule has 0 aliphatic heterocycles. The minimum Gasteiger partial charge on any atom is -0.497 e. The van der Waals surface area contributed by atoms with E-state index in [4.69, 9.17) is 14.3 Å². The third-order valence-electron chi connectivity index (χ3n) is 5.29. The van der Waals surface area contributed by atoms with Crippen LogP contribution < -0.4 is 10.1 Å². The molecule has 1 N–H and O–H groups in total. The lowest BCUT2D eigenvalue weighted by Crippen LogP contribution is -2.12. The smallest absolute Gasteiger partial charge is 0.259 e. The summed E-state index contributed by atoms with van der Waals surface area (Å²) in [5, 5.41) is 7.71. The molecule has 0 aliphatic carbocycles. The number of oxazole rings is 1. The third-order valence-corrected chi connectivity index (χ3v) is 5.29. The average molecular weight is 438 g/mol. The number of rotatable bonds is 6. The maximum atomic E-state index is 13.3. The van der Waals surface area contributed by atoms with Gasteiger partial charge in [-0.2, -0.15) is 5.10 Å². The molecule has 0 unspecified atom stereocenters. The Bertz CT molecular complexity index is 1440. The molecule has 5 rings (SSSR count). The fourth-order valence-electron chi connectivity index (χ4n) is 3.74. The summed E-state index contributed by atoms with van der Waals surface area (Å²) in [6.45, 7) is 2.34. The van der Waals surface area contributed by atoms with Crippen LogP contribution in [0.1, 0.15) is 21.8 Å². The first-order valence-electron chi connectivity index (χ1n) is 10.5. The van der Waals surface area contributed by atoms with Crippen molar-refractivity contribution >= 4 is 22.7 Å². The first-order valence-corrected chi connectivity index (χ1v) is 10.5. The van der Waals surface area contributed by atoms with E-state index in [1.165, 1.54) is 0 Å². The molecular weight excluding hydrogens is 416 g/mol. The van der Waals surface area contributed by atoms with Crippen LogP contribution in [-0.4, -0.2) is 27.8 Å². The van der Waals surface area contributed by atoms with Gasteiger partial charge in [0.25, 0.3) is 5.91 Å². The predicted octanol–water partition coefficient (Wildman–Crippen LogP) is 5.31. The molecule has 0 bridgehead atoms. The summed E-state index contributed by atoms with van der Waals surface area (Å²) in [7, 11) is 1.61. The van der Waals surface area contributed by atoms with E-state index in [0.717, 1.165) is 11.1 Å². The number of nitrogens with one attached hydrogen (secondary N) is 1. The van der Waals surface area contributed by atoms with Gasteiger partial charge in [0.05, 0.1) is 19.2 Å². The molecule has 164 valence electrons. The van der Waals surface area contributed by atoms with Gasteiger partial charge in [0, 0.05) is 24.4 Å². The SMILES string of the molecule is COc1cccc(-c2nn(Cc3ccccc3)cc2C(=O)Nc2ccc3oc(C)nc3c2)c1.